The molecule has 0 aromatic carbocycles. The van der Waals surface area contributed by atoms with Gasteiger partial charge in [0.15, 0.2) is 0 Å². The molecular weight excluding hydrogens is 146 g/mol. The highest BCUT2D eigenvalue weighted by molar-refractivity contribution is 5.82. The van der Waals surface area contributed by atoms with Gasteiger partial charge in [0, 0.05) is 13.0 Å². The lowest BCUT2D eigenvalue weighted by atomic mass is 9.74. The fourth-order valence-corrected chi connectivity index (χ4v) is 1.24. The van der Waals surface area contributed by atoms with E-state index in [0.717, 1.165) is 0 Å². The molecule has 1 aliphatic rings. The van der Waals surface area contributed by atoms with Gasteiger partial charge < -0.3 is 10.4 Å². The van der Waals surface area contributed by atoms with Crippen molar-refractivity contribution in [2.75, 3.05) is 7.05 Å². The minimum absolute atomic E-state index is 0.0394. The van der Waals surface area contributed by atoms with Crippen LogP contribution in [-0.4, -0.2) is 24.0 Å². The first kappa shape index (κ1) is 8.04. The highest BCUT2D eigenvalue weighted by Gasteiger charge is 2.38. The third kappa shape index (κ3) is 1.50. The van der Waals surface area contributed by atoms with Gasteiger partial charge in [-0.1, -0.05) is 0 Å². The predicted molar refractivity (Wildman–Crippen MR) is 37.9 cm³/mol. The summed E-state index contributed by atoms with van der Waals surface area (Å²) in [5.41, 5.74) is 0. The molecule has 0 radical (unpaired) electrons. The topological polar surface area (TPSA) is 66.4 Å². The number of carbonyl (C=O) groups is 2. The molecule has 1 rings (SSSR count). The third-order valence-corrected chi connectivity index (χ3v) is 2.10. The minimum Gasteiger partial charge on any atom is -0.481 e. The lowest BCUT2D eigenvalue weighted by Gasteiger charge is -2.30. The van der Waals surface area contributed by atoms with Gasteiger partial charge in [-0.15, -0.1) is 0 Å². The molecule has 11 heavy (non-hydrogen) atoms. The molecule has 62 valence electrons. The molecule has 2 N–H and O–H groups in total. The summed E-state index contributed by atoms with van der Waals surface area (Å²) in [6.07, 6.45) is 0.990. The molecule has 4 nitrogen and oxygen atoms in total. The molecule has 0 saturated heterocycles. The Balaban J connectivity index is 2.29. The molecular formula is C7H11NO3. The van der Waals surface area contributed by atoms with Gasteiger partial charge in [0.1, 0.15) is 0 Å². The van der Waals surface area contributed by atoms with Crippen LogP contribution in [0.15, 0.2) is 0 Å². The number of rotatable bonds is 2. The summed E-state index contributed by atoms with van der Waals surface area (Å²) in [5, 5.41) is 11.0. The van der Waals surface area contributed by atoms with Crippen LogP contribution in [0.2, 0.25) is 0 Å². The molecule has 0 aliphatic heterocycles. The number of amides is 1. The van der Waals surface area contributed by atoms with Gasteiger partial charge in [-0.05, 0) is 12.8 Å². The van der Waals surface area contributed by atoms with E-state index < -0.39 is 5.97 Å². The highest BCUT2D eigenvalue weighted by atomic mass is 16.4. The molecule has 0 aromatic rings. The Bertz CT molecular complexity index is 184. The molecule has 1 aliphatic carbocycles. The van der Waals surface area contributed by atoms with Crippen molar-refractivity contribution in [3.63, 3.8) is 0 Å². The second-order valence-corrected chi connectivity index (χ2v) is 2.82. The Kier molecular flexibility index (Phi) is 2.12. The van der Waals surface area contributed by atoms with Gasteiger partial charge in [-0.2, -0.15) is 0 Å². The maximum absolute atomic E-state index is 10.9. The summed E-state index contributed by atoms with van der Waals surface area (Å²) in [6.45, 7) is 0. The lowest BCUT2D eigenvalue weighted by Crippen LogP contribution is -2.39. The van der Waals surface area contributed by atoms with Gasteiger partial charge in [0.05, 0.1) is 5.92 Å². The van der Waals surface area contributed by atoms with Crippen molar-refractivity contribution in [2.24, 2.45) is 11.8 Å². The lowest BCUT2D eigenvalue weighted by molar-refractivity contribution is -0.148. The summed E-state index contributed by atoms with van der Waals surface area (Å²) >= 11 is 0. The van der Waals surface area contributed by atoms with Crippen LogP contribution in [-0.2, 0) is 9.59 Å². The summed E-state index contributed by atoms with van der Waals surface area (Å²) in [4.78, 5) is 21.2. The van der Waals surface area contributed by atoms with E-state index in [9.17, 15) is 9.59 Å². The molecule has 0 unspecified atom stereocenters. The van der Waals surface area contributed by atoms with Crippen molar-refractivity contribution in [1.82, 2.24) is 5.32 Å². The summed E-state index contributed by atoms with van der Waals surface area (Å²) < 4.78 is 0. The fourth-order valence-electron chi connectivity index (χ4n) is 1.24. The molecule has 1 fully saturated rings. The van der Waals surface area contributed by atoms with Gasteiger partial charge in [-0.3, -0.25) is 9.59 Å². The third-order valence-electron chi connectivity index (χ3n) is 2.10. The maximum Gasteiger partial charge on any atom is 0.306 e. The van der Waals surface area contributed by atoms with Crippen LogP contribution in [0, 0.1) is 11.8 Å². The molecule has 0 bridgehead atoms. The van der Waals surface area contributed by atoms with Gasteiger partial charge in [0.25, 0.3) is 0 Å². The van der Waals surface area contributed by atoms with E-state index in [4.69, 9.17) is 5.11 Å². The van der Waals surface area contributed by atoms with Gasteiger partial charge in [0.2, 0.25) is 5.91 Å². The van der Waals surface area contributed by atoms with E-state index in [2.05, 4.69) is 5.32 Å². The van der Waals surface area contributed by atoms with Crippen LogP contribution in [0.3, 0.4) is 0 Å². The zero-order chi connectivity index (χ0) is 8.43. The number of carboxylic acids is 1. The SMILES string of the molecule is CNC(=O)C1CC(C(=O)O)C1. The standard InChI is InChI=1S/C7H11NO3/c1-8-6(9)4-2-5(3-4)7(10)11/h4-5H,2-3H2,1H3,(H,8,9)(H,10,11). The van der Waals surface area contributed by atoms with Crippen molar-refractivity contribution in [2.45, 2.75) is 12.8 Å². The number of carboxylic acid groups (broad SMARTS) is 1. The van der Waals surface area contributed by atoms with E-state index in [1.807, 2.05) is 0 Å². The molecule has 0 aromatic heterocycles. The quantitative estimate of drug-likeness (QED) is 0.585. The summed E-state index contributed by atoms with van der Waals surface area (Å²) in [5.74, 6) is -1.19. The number of hydrogen-bond donors (Lipinski definition) is 2. The second kappa shape index (κ2) is 2.90. The molecule has 0 atom stereocenters. The normalized spacial score (nSPS) is 28.8. The minimum atomic E-state index is -0.787. The van der Waals surface area contributed by atoms with Crippen molar-refractivity contribution in [3.05, 3.63) is 0 Å². The Morgan fingerprint density at radius 1 is 1.36 bits per heavy atom. The molecule has 0 spiro atoms. The first-order valence-electron chi connectivity index (χ1n) is 3.59. The van der Waals surface area contributed by atoms with Crippen LogP contribution < -0.4 is 5.32 Å². The van der Waals surface area contributed by atoms with Crippen molar-refractivity contribution >= 4 is 11.9 Å². The van der Waals surface area contributed by atoms with Crippen LogP contribution in [0.4, 0.5) is 0 Å². The predicted octanol–water partition coefficient (Wildman–Crippen LogP) is -0.157. The first-order valence-corrected chi connectivity index (χ1v) is 3.59. The van der Waals surface area contributed by atoms with Crippen LogP contribution in [0.25, 0.3) is 0 Å². The smallest absolute Gasteiger partial charge is 0.306 e. The zero-order valence-corrected chi connectivity index (χ0v) is 6.33. The monoisotopic (exact) mass is 157 g/mol. The van der Waals surface area contributed by atoms with Crippen molar-refractivity contribution in [3.8, 4) is 0 Å². The van der Waals surface area contributed by atoms with E-state index in [1.54, 1.807) is 7.05 Å². The number of nitrogens with one attached hydrogen (secondary N) is 1. The van der Waals surface area contributed by atoms with Gasteiger partial charge >= 0.3 is 5.97 Å². The van der Waals surface area contributed by atoms with E-state index in [1.165, 1.54) is 0 Å². The second-order valence-electron chi connectivity index (χ2n) is 2.82. The Hall–Kier alpha value is -1.06. The average molecular weight is 157 g/mol. The molecule has 4 heteroatoms. The highest BCUT2D eigenvalue weighted by Crippen LogP contribution is 2.33. The van der Waals surface area contributed by atoms with Crippen LogP contribution in [0.1, 0.15) is 12.8 Å². The zero-order valence-electron chi connectivity index (χ0n) is 6.33. The summed E-state index contributed by atoms with van der Waals surface area (Å²) in [6, 6.07) is 0. The van der Waals surface area contributed by atoms with E-state index in [-0.39, 0.29) is 17.7 Å². The van der Waals surface area contributed by atoms with Crippen LogP contribution in [0.5, 0.6) is 0 Å². The van der Waals surface area contributed by atoms with E-state index in [0.29, 0.717) is 12.8 Å². The van der Waals surface area contributed by atoms with E-state index >= 15 is 0 Å². The molecule has 0 heterocycles. The number of aliphatic carboxylic acids is 1. The largest absolute Gasteiger partial charge is 0.481 e. The Morgan fingerprint density at radius 2 is 1.91 bits per heavy atom. The van der Waals surface area contributed by atoms with Crippen molar-refractivity contribution < 1.29 is 14.7 Å². The molecule has 1 saturated carbocycles. The maximum atomic E-state index is 10.9. The van der Waals surface area contributed by atoms with Gasteiger partial charge in [-0.25, -0.2) is 0 Å². The van der Waals surface area contributed by atoms with Crippen LogP contribution >= 0.6 is 0 Å². The Labute approximate surface area is 64.6 Å². The van der Waals surface area contributed by atoms with Crippen molar-refractivity contribution in [1.29, 1.82) is 0 Å². The fraction of sp³-hybridized carbons (Fsp3) is 0.714. The number of hydrogen-bond acceptors (Lipinski definition) is 2. The number of carbonyl (C=O) groups excluding carboxylic acids is 1. The average Bonchev–Trinajstić information content (AvgIpc) is 1.83. The first-order chi connectivity index (χ1) is 5.15. The summed E-state index contributed by atoms with van der Waals surface area (Å²) in [7, 11) is 1.57. The molecule has 1 amide bonds. The Morgan fingerprint density at radius 3 is 2.27 bits per heavy atom.